The zero-order chi connectivity index (χ0) is 17.6. The first-order chi connectivity index (χ1) is 11.9. The standard InChI is InChI=1S/C21H22N2OS/c1-13(17-9-14-5-6-22-11-18(14)24-17)7-16-8-15-10-20(21(2,3)4)25-19(15)12-23-16/h5-6,8-13H,7H2,1-4H3. The molecular weight excluding hydrogens is 328 g/mol. The van der Waals surface area contributed by atoms with E-state index in [0.717, 1.165) is 28.8 Å². The summed E-state index contributed by atoms with van der Waals surface area (Å²) >= 11 is 1.84. The van der Waals surface area contributed by atoms with E-state index >= 15 is 0 Å². The zero-order valence-electron chi connectivity index (χ0n) is 15.0. The maximum Gasteiger partial charge on any atom is 0.152 e. The topological polar surface area (TPSA) is 38.9 Å². The molecule has 0 bridgehead atoms. The average Bonchev–Trinajstić information content (AvgIpc) is 3.18. The maximum atomic E-state index is 5.95. The lowest BCUT2D eigenvalue weighted by atomic mass is 9.94. The van der Waals surface area contributed by atoms with Crippen LogP contribution in [-0.2, 0) is 11.8 Å². The van der Waals surface area contributed by atoms with Gasteiger partial charge in [0.1, 0.15) is 5.76 Å². The third-order valence-electron chi connectivity index (χ3n) is 4.54. The van der Waals surface area contributed by atoms with Crippen LogP contribution in [0.15, 0.2) is 47.3 Å². The van der Waals surface area contributed by atoms with E-state index in [9.17, 15) is 0 Å². The smallest absolute Gasteiger partial charge is 0.152 e. The third-order valence-corrected chi connectivity index (χ3v) is 6.05. The van der Waals surface area contributed by atoms with Gasteiger partial charge in [-0.3, -0.25) is 9.97 Å². The van der Waals surface area contributed by atoms with Gasteiger partial charge in [-0.1, -0.05) is 27.7 Å². The minimum atomic E-state index is 0.180. The number of furan rings is 1. The second-order valence-electron chi connectivity index (χ2n) is 7.74. The fourth-order valence-electron chi connectivity index (χ4n) is 3.03. The molecule has 128 valence electrons. The fourth-order valence-corrected chi connectivity index (χ4v) is 4.10. The predicted octanol–water partition coefficient (Wildman–Crippen LogP) is 6.08. The quantitative estimate of drug-likeness (QED) is 0.449. The van der Waals surface area contributed by atoms with Crippen LogP contribution in [0.2, 0.25) is 0 Å². The van der Waals surface area contributed by atoms with E-state index in [-0.39, 0.29) is 11.3 Å². The summed E-state index contributed by atoms with van der Waals surface area (Å²) in [5, 5.41) is 2.40. The van der Waals surface area contributed by atoms with Crippen molar-refractivity contribution in [1.29, 1.82) is 0 Å². The first-order valence-electron chi connectivity index (χ1n) is 8.62. The van der Waals surface area contributed by atoms with Crippen molar-refractivity contribution < 1.29 is 4.42 Å². The molecule has 0 spiro atoms. The number of rotatable bonds is 3. The summed E-state index contributed by atoms with van der Waals surface area (Å²) in [6, 6.07) is 8.63. The van der Waals surface area contributed by atoms with Gasteiger partial charge in [0.15, 0.2) is 5.58 Å². The molecule has 4 aromatic rings. The molecule has 0 saturated carbocycles. The molecule has 0 fully saturated rings. The number of fused-ring (bicyclic) bond motifs is 2. The Labute approximate surface area is 151 Å². The van der Waals surface area contributed by atoms with Gasteiger partial charge in [-0.25, -0.2) is 0 Å². The summed E-state index contributed by atoms with van der Waals surface area (Å²) in [6.07, 6.45) is 6.45. The van der Waals surface area contributed by atoms with Crippen molar-refractivity contribution in [2.45, 2.75) is 45.4 Å². The second-order valence-corrected chi connectivity index (χ2v) is 8.83. The van der Waals surface area contributed by atoms with Gasteiger partial charge in [-0.05, 0) is 41.5 Å². The third kappa shape index (κ3) is 3.19. The van der Waals surface area contributed by atoms with Gasteiger partial charge >= 0.3 is 0 Å². The summed E-state index contributed by atoms with van der Waals surface area (Å²) in [7, 11) is 0. The van der Waals surface area contributed by atoms with E-state index in [2.05, 4.69) is 55.9 Å². The lowest BCUT2D eigenvalue weighted by Gasteiger charge is -2.14. The van der Waals surface area contributed by atoms with Crippen molar-refractivity contribution in [3.8, 4) is 0 Å². The molecule has 0 amide bonds. The summed E-state index contributed by atoms with van der Waals surface area (Å²) in [5.74, 6) is 1.27. The Balaban J connectivity index is 1.61. The SMILES string of the molecule is CC(Cc1cc2cc(C(C)(C)C)sc2cn1)c1cc2ccncc2o1. The maximum absolute atomic E-state index is 5.95. The molecule has 0 radical (unpaired) electrons. The fraction of sp³-hybridized carbons (Fsp3) is 0.333. The molecule has 0 aromatic carbocycles. The number of pyridine rings is 2. The highest BCUT2D eigenvalue weighted by Gasteiger charge is 2.18. The lowest BCUT2D eigenvalue weighted by molar-refractivity contribution is 0.501. The highest BCUT2D eigenvalue weighted by Crippen LogP contribution is 2.34. The summed E-state index contributed by atoms with van der Waals surface area (Å²) in [4.78, 5) is 10.2. The highest BCUT2D eigenvalue weighted by atomic mass is 32.1. The minimum absolute atomic E-state index is 0.180. The van der Waals surface area contributed by atoms with Crippen LogP contribution in [-0.4, -0.2) is 9.97 Å². The van der Waals surface area contributed by atoms with Gasteiger partial charge in [-0.2, -0.15) is 0 Å². The number of nitrogens with zero attached hydrogens (tertiary/aromatic N) is 2. The van der Waals surface area contributed by atoms with Crippen LogP contribution >= 0.6 is 11.3 Å². The normalized spacial score (nSPS) is 13.6. The molecular formula is C21H22N2OS. The van der Waals surface area contributed by atoms with Crippen LogP contribution in [0.4, 0.5) is 0 Å². The van der Waals surface area contributed by atoms with Crippen LogP contribution in [0.5, 0.6) is 0 Å². The number of thiophene rings is 1. The zero-order valence-corrected chi connectivity index (χ0v) is 15.9. The Morgan fingerprint density at radius 3 is 2.72 bits per heavy atom. The van der Waals surface area contributed by atoms with Gasteiger partial charge in [-0.15, -0.1) is 11.3 Å². The monoisotopic (exact) mass is 350 g/mol. The molecule has 0 aliphatic rings. The highest BCUT2D eigenvalue weighted by molar-refractivity contribution is 7.19. The van der Waals surface area contributed by atoms with Crippen molar-refractivity contribution in [2.24, 2.45) is 0 Å². The van der Waals surface area contributed by atoms with Crippen LogP contribution in [0.3, 0.4) is 0 Å². The molecule has 4 heterocycles. The Morgan fingerprint density at radius 1 is 1.12 bits per heavy atom. The average molecular weight is 350 g/mol. The largest absolute Gasteiger partial charge is 0.459 e. The summed E-state index contributed by atoms with van der Waals surface area (Å²) < 4.78 is 7.21. The van der Waals surface area contributed by atoms with Crippen molar-refractivity contribution >= 4 is 32.4 Å². The van der Waals surface area contributed by atoms with E-state index in [4.69, 9.17) is 4.42 Å². The van der Waals surface area contributed by atoms with E-state index in [0.29, 0.717) is 0 Å². The van der Waals surface area contributed by atoms with Crippen molar-refractivity contribution in [2.75, 3.05) is 0 Å². The molecule has 4 aromatic heterocycles. The van der Waals surface area contributed by atoms with Gasteiger partial charge in [0, 0.05) is 34.3 Å². The molecule has 0 aliphatic heterocycles. The Morgan fingerprint density at radius 2 is 1.96 bits per heavy atom. The lowest BCUT2D eigenvalue weighted by Crippen LogP contribution is -2.07. The van der Waals surface area contributed by atoms with Gasteiger partial charge < -0.3 is 4.42 Å². The van der Waals surface area contributed by atoms with Crippen LogP contribution in [0, 0.1) is 0 Å². The first kappa shape index (κ1) is 16.3. The van der Waals surface area contributed by atoms with Crippen LogP contribution < -0.4 is 0 Å². The van der Waals surface area contributed by atoms with Gasteiger partial charge in [0.2, 0.25) is 0 Å². The number of aromatic nitrogens is 2. The van der Waals surface area contributed by atoms with Crippen LogP contribution in [0.25, 0.3) is 21.1 Å². The van der Waals surface area contributed by atoms with Crippen LogP contribution in [0.1, 0.15) is 49.9 Å². The minimum Gasteiger partial charge on any atom is -0.459 e. The first-order valence-corrected chi connectivity index (χ1v) is 9.44. The molecule has 3 nitrogen and oxygen atoms in total. The molecule has 0 saturated heterocycles. The van der Waals surface area contributed by atoms with Crippen molar-refractivity contribution in [1.82, 2.24) is 9.97 Å². The molecule has 1 atom stereocenters. The Kier molecular flexibility index (Phi) is 3.88. The molecule has 1 unspecified atom stereocenters. The second kappa shape index (κ2) is 5.95. The molecule has 4 rings (SSSR count). The Bertz CT molecular complexity index is 1010. The van der Waals surface area contributed by atoms with Crippen molar-refractivity contribution in [3.05, 3.63) is 59.2 Å². The van der Waals surface area contributed by atoms with E-state index < -0.39 is 0 Å². The molecule has 25 heavy (non-hydrogen) atoms. The number of hydrogen-bond donors (Lipinski definition) is 0. The predicted molar refractivity (Wildman–Crippen MR) is 104 cm³/mol. The van der Waals surface area contributed by atoms with Gasteiger partial charge in [0.05, 0.1) is 10.9 Å². The summed E-state index contributed by atoms with van der Waals surface area (Å²) in [5.41, 5.74) is 2.14. The van der Waals surface area contributed by atoms with E-state index in [1.54, 1.807) is 12.4 Å². The molecule has 4 heteroatoms. The van der Waals surface area contributed by atoms with E-state index in [1.165, 1.54) is 15.0 Å². The molecule has 0 N–H and O–H groups in total. The van der Waals surface area contributed by atoms with E-state index in [1.807, 2.05) is 23.6 Å². The van der Waals surface area contributed by atoms with Gasteiger partial charge in [0.25, 0.3) is 0 Å². The number of hydrogen-bond acceptors (Lipinski definition) is 4. The molecule has 0 aliphatic carbocycles. The summed E-state index contributed by atoms with van der Waals surface area (Å²) in [6.45, 7) is 8.95. The Hall–Kier alpha value is -2.20. The van der Waals surface area contributed by atoms with Crippen molar-refractivity contribution in [3.63, 3.8) is 0 Å².